The molecule has 26 heavy (non-hydrogen) atoms. The summed E-state index contributed by atoms with van der Waals surface area (Å²) in [5.74, 6) is 0.581. The highest BCUT2D eigenvalue weighted by Crippen LogP contribution is 2.17. The van der Waals surface area contributed by atoms with Crippen molar-refractivity contribution in [1.29, 1.82) is 0 Å². The Hall–Kier alpha value is -2.46. The second-order valence-electron chi connectivity index (χ2n) is 6.22. The number of nitrogens with zero attached hydrogens (tertiary/aromatic N) is 3. The molecule has 1 atom stereocenters. The van der Waals surface area contributed by atoms with E-state index in [-0.39, 0.29) is 24.1 Å². The second kappa shape index (κ2) is 9.30. The van der Waals surface area contributed by atoms with Gasteiger partial charge in [0.1, 0.15) is 5.82 Å². The Kier molecular flexibility index (Phi) is 7.10. The number of aromatic nitrogens is 2. The van der Waals surface area contributed by atoms with E-state index in [9.17, 15) is 9.59 Å². The fourth-order valence-electron chi connectivity index (χ4n) is 3.03. The van der Waals surface area contributed by atoms with Crippen molar-refractivity contribution in [1.82, 2.24) is 25.1 Å². The maximum Gasteiger partial charge on any atom is 0.318 e. The van der Waals surface area contributed by atoms with E-state index >= 15 is 0 Å². The monoisotopic (exact) mass is 367 g/mol. The molecule has 2 aliphatic heterocycles. The van der Waals surface area contributed by atoms with Gasteiger partial charge in [0.15, 0.2) is 0 Å². The lowest BCUT2D eigenvalue weighted by Gasteiger charge is -2.32. The van der Waals surface area contributed by atoms with Gasteiger partial charge in [-0.15, -0.1) is 0 Å². The van der Waals surface area contributed by atoms with Crippen molar-refractivity contribution in [2.45, 2.75) is 33.0 Å². The minimum Gasteiger partial charge on any atom is -0.483 e. The Morgan fingerprint density at radius 2 is 2.08 bits per heavy atom. The van der Waals surface area contributed by atoms with E-state index in [0.717, 1.165) is 26.3 Å². The van der Waals surface area contributed by atoms with E-state index in [4.69, 9.17) is 14.6 Å². The first-order valence-corrected chi connectivity index (χ1v) is 8.47. The SMILES string of the molecule is Cc1nc2c(c(=O)[nH]1)CN(C(=O)NCC(C)N1CCOCC1)C2.O=CO. The van der Waals surface area contributed by atoms with Gasteiger partial charge in [0.05, 0.1) is 37.6 Å². The van der Waals surface area contributed by atoms with Crippen LogP contribution in [0, 0.1) is 6.92 Å². The molecule has 1 aromatic heterocycles. The predicted molar refractivity (Wildman–Crippen MR) is 92.8 cm³/mol. The number of hydrogen-bond acceptors (Lipinski definition) is 6. The van der Waals surface area contributed by atoms with Gasteiger partial charge in [-0.25, -0.2) is 9.78 Å². The van der Waals surface area contributed by atoms with Gasteiger partial charge >= 0.3 is 6.03 Å². The summed E-state index contributed by atoms with van der Waals surface area (Å²) in [6, 6.07) is 0.108. The minimum atomic E-state index is -0.250. The first-order chi connectivity index (χ1) is 12.5. The molecule has 1 aromatic rings. The van der Waals surface area contributed by atoms with E-state index in [1.807, 2.05) is 0 Å². The van der Waals surface area contributed by atoms with E-state index in [0.29, 0.717) is 36.7 Å². The average molecular weight is 367 g/mol. The fourth-order valence-corrected chi connectivity index (χ4v) is 3.03. The molecule has 3 heterocycles. The number of carboxylic acid groups (broad SMARTS) is 1. The van der Waals surface area contributed by atoms with Gasteiger partial charge in [0, 0.05) is 25.7 Å². The molecular weight excluding hydrogens is 342 g/mol. The van der Waals surface area contributed by atoms with Crippen LogP contribution in [0.25, 0.3) is 0 Å². The number of ether oxygens (including phenoxy) is 1. The zero-order valence-corrected chi connectivity index (χ0v) is 15.0. The molecule has 10 nitrogen and oxygen atoms in total. The third-order valence-electron chi connectivity index (χ3n) is 4.41. The van der Waals surface area contributed by atoms with Gasteiger partial charge in [0.25, 0.3) is 12.0 Å². The molecule has 0 radical (unpaired) electrons. The second-order valence-corrected chi connectivity index (χ2v) is 6.22. The van der Waals surface area contributed by atoms with Crippen molar-refractivity contribution in [3.8, 4) is 0 Å². The average Bonchev–Trinajstić information content (AvgIpc) is 3.05. The van der Waals surface area contributed by atoms with Gasteiger partial charge in [-0.05, 0) is 13.8 Å². The van der Waals surface area contributed by atoms with Crippen molar-refractivity contribution < 1.29 is 19.4 Å². The fraction of sp³-hybridized carbons (Fsp3) is 0.625. The Balaban J connectivity index is 0.000000758. The number of H-pyrrole nitrogens is 1. The molecular formula is C16H25N5O5. The lowest BCUT2D eigenvalue weighted by molar-refractivity contribution is -0.122. The van der Waals surface area contributed by atoms with Crippen LogP contribution in [0.5, 0.6) is 0 Å². The molecule has 0 aromatic carbocycles. The van der Waals surface area contributed by atoms with E-state index < -0.39 is 0 Å². The summed E-state index contributed by atoms with van der Waals surface area (Å²) in [5.41, 5.74) is 1.14. The van der Waals surface area contributed by atoms with Gasteiger partial charge in [0.2, 0.25) is 0 Å². The molecule has 0 bridgehead atoms. The number of nitrogens with one attached hydrogen (secondary N) is 2. The summed E-state index contributed by atoms with van der Waals surface area (Å²) < 4.78 is 5.34. The third kappa shape index (κ3) is 5.02. The van der Waals surface area contributed by atoms with Gasteiger partial charge in [-0.1, -0.05) is 0 Å². The summed E-state index contributed by atoms with van der Waals surface area (Å²) in [7, 11) is 0. The quantitative estimate of drug-likeness (QED) is 0.616. The number of amides is 2. The molecule has 1 saturated heterocycles. The number of urea groups is 1. The van der Waals surface area contributed by atoms with E-state index in [2.05, 4.69) is 27.1 Å². The highest BCUT2D eigenvalue weighted by atomic mass is 16.5. The van der Waals surface area contributed by atoms with Crippen molar-refractivity contribution in [3.63, 3.8) is 0 Å². The van der Waals surface area contributed by atoms with Gasteiger partial charge in [-0.3, -0.25) is 14.5 Å². The zero-order chi connectivity index (χ0) is 19.1. The Morgan fingerprint density at radius 3 is 2.73 bits per heavy atom. The van der Waals surface area contributed by atoms with Crippen molar-refractivity contribution in [2.75, 3.05) is 32.8 Å². The maximum atomic E-state index is 12.3. The molecule has 1 fully saturated rings. The topological polar surface area (TPSA) is 128 Å². The largest absolute Gasteiger partial charge is 0.483 e. The summed E-state index contributed by atoms with van der Waals surface area (Å²) in [6.07, 6.45) is 0. The minimum absolute atomic E-state index is 0.149. The number of hydrogen-bond donors (Lipinski definition) is 3. The normalized spacial score (nSPS) is 17.7. The van der Waals surface area contributed by atoms with Gasteiger partial charge in [-0.2, -0.15) is 0 Å². The Labute approximate surface area is 151 Å². The van der Waals surface area contributed by atoms with Crippen LogP contribution in [-0.4, -0.2) is 76.3 Å². The standard InChI is InChI=1S/C15H23N5O3.CH2O2/c1-10(19-3-5-23-6-4-19)7-16-15(22)20-8-12-13(9-20)17-11(2)18-14(12)21;2-1-3/h10H,3-9H2,1-2H3,(H,16,22)(H,17,18,21);1H,(H,2,3). The summed E-state index contributed by atoms with van der Waals surface area (Å²) in [5, 5.41) is 9.84. The predicted octanol–water partition coefficient (Wildman–Crippen LogP) is -0.475. The van der Waals surface area contributed by atoms with Gasteiger partial charge < -0.3 is 25.0 Å². The molecule has 2 amide bonds. The summed E-state index contributed by atoms with van der Waals surface area (Å²) in [6.45, 7) is 8.15. The van der Waals surface area contributed by atoms with Crippen LogP contribution < -0.4 is 10.9 Å². The number of fused-ring (bicyclic) bond motifs is 1. The number of rotatable bonds is 3. The van der Waals surface area contributed by atoms with Crippen LogP contribution in [0.3, 0.4) is 0 Å². The molecule has 3 rings (SSSR count). The van der Waals surface area contributed by atoms with Crippen LogP contribution in [0.1, 0.15) is 24.0 Å². The number of carbonyl (C=O) groups is 2. The Bertz CT molecular complexity index is 686. The van der Waals surface area contributed by atoms with E-state index in [1.165, 1.54) is 0 Å². The lowest BCUT2D eigenvalue weighted by atomic mass is 10.2. The maximum absolute atomic E-state index is 12.3. The third-order valence-corrected chi connectivity index (χ3v) is 4.41. The van der Waals surface area contributed by atoms with Crippen molar-refractivity contribution in [2.24, 2.45) is 0 Å². The van der Waals surface area contributed by atoms with Crippen LogP contribution in [-0.2, 0) is 22.6 Å². The van der Waals surface area contributed by atoms with Crippen LogP contribution in [0.4, 0.5) is 4.79 Å². The zero-order valence-electron chi connectivity index (χ0n) is 15.0. The van der Waals surface area contributed by atoms with Crippen LogP contribution in [0.15, 0.2) is 4.79 Å². The first-order valence-electron chi connectivity index (χ1n) is 8.47. The van der Waals surface area contributed by atoms with Crippen LogP contribution >= 0.6 is 0 Å². The van der Waals surface area contributed by atoms with Crippen LogP contribution in [0.2, 0.25) is 0 Å². The van der Waals surface area contributed by atoms with Crippen molar-refractivity contribution in [3.05, 3.63) is 27.4 Å². The number of morpholine rings is 1. The molecule has 0 spiro atoms. The van der Waals surface area contributed by atoms with E-state index in [1.54, 1.807) is 11.8 Å². The first kappa shape index (κ1) is 19.9. The molecule has 1 unspecified atom stereocenters. The number of aryl methyl sites for hydroxylation is 1. The smallest absolute Gasteiger partial charge is 0.318 e. The van der Waals surface area contributed by atoms with Crippen molar-refractivity contribution >= 4 is 12.5 Å². The highest BCUT2D eigenvalue weighted by molar-refractivity contribution is 5.74. The Morgan fingerprint density at radius 1 is 1.42 bits per heavy atom. The molecule has 0 aliphatic carbocycles. The number of aromatic amines is 1. The molecule has 0 saturated carbocycles. The molecule has 3 N–H and O–H groups in total. The highest BCUT2D eigenvalue weighted by Gasteiger charge is 2.27. The molecule has 2 aliphatic rings. The summed E-state index contributed by atoms with van der Waals surface area (Å²) >= 11 is 0. The number of carbonyl (C=O) groups excluding carboxylic acids is 1. The molecule has 10 heteroatoms. The lowest BCUT2D eigenvalue weighted by Crippen LogP contribution is -2.49. The summed E-state index contributed by atoms with van der Waals surface area (Å²) in [4.78, 5) is 43.5. The molecule has 144 valence electrons.